The molecule has 1 aromatic rings. The molecular formula is C12H20BrN3O. The first-order valence-corrected chi connectivity index (χ1v) is 6.75. The highest BCUT2D eigenvalue weighted by molar-refractivity contribution is 9.10. The van der Waals surface area contributed by atoms with E-state index in [2.05, 4.69) is 21.0 Å². The van der Waals surface area contributed by atoms with Crippen LogP contribution in [0.5, 0.6) is 0 Å². The van der Waals surface area contributed by atoms with Gasteiger partial charge in [0.15, 0.2) is 0 Å². The molecule has 1 atom stereocenters. The Kier molecular flexibility index (Phi) is 5.33. The molecule has 0 aliphatic heterocycles. The number of aromatic nitrogens is 2. The van der Waals surface area contributed by atoms with Crippen molar-refractivity contribution < 1.29 is 4.79 Å². The molecule has 1 aromatic heterocycles. The molecule has 2 N–H and O–H groups in total. The third-order valence-electron chi connectivity index (χ3n) is 2.94. The smallest absolute Gasteiger partial charge is 0.141 e. The van der Waals surface area contributed by atoms with Crippen LogP contribution < -0.4 is 5.73 Å². The molecule has 0 saturated heterocycles. The Hall–Kier alpha value is -0.680. The molecule has 0 radical (unpaired) electrons. The zero-order valence-corrected chi connectivity index (χ0v) is 12.2. The van der Waals surface area contributed by atoms with Crippen molar-refractivity contribution in [1.29, 1.82) is 0 Å². The predicted octanol–water partition coefficient (Wildman–Crippen LogP) is 2.07. The number of Topliss-reactive ketones (excluding diaryl/α,β-unsaturated/α-hetero) is 1. The molecule has 0 aliphatic carbocycles. The van der Waals surface area contributed by atoms with Gasteiger partial charge in [0, 0.05) is 18.9 Å². The SMILES string of the molecule is CCn1nc(C)c(Br)c1CC(=O)C(C)CCN. The second-order valence-electron chi connectivity index (χ2n) is 4.28. The van der Waals surface area contributed by atoms with Gasteiger partial charge in [0.1, 0.15) is 5.78 Å². The quantitative estimate of drug-likeness (QED) is 0.875. The fraction of sp³-hybridized carbons (Fsp3) is 0.667. The number of nitrogens with two attached hydrogens (primary N) is 1. The maximum atomic E-state index is 12.0. The van der Waals surface area contributed by atoms with Gasteiger partial charge in [0.25, 0.3) is 0 Å². The van der Waals surface area contributed by atoms with Gasteiger partial charge in [-0.3, -0.25) is 9.48 Å². The van der Waals surface area contributed by atoms with Crippen LogP contribution in [0.25, 0.3) is 0 Å². The number of aryl methyl sites for hydroxylation is 2. The van der Waals surface area contributed by atoms with Gasteiger partial charge in [0.05, 0.1) is 15.9 Å². The van der Waals surface area contributed by atoms with Crippen molar-refractivity contribution in [2.24, 2.45) is 11.7 Å². The maximum Gasteiger partial charge on any atom is 0.141 e. The zero-order chi connectivity index (χ0) is 13.0. The molecule has 17 heavy (non-hydrogen) atoms. The highest BCUT2D eigenvalue weighted by Crippen LogP contribution is 2.22. The van der Waals surface area contributed by atoms with E-state index in [0.717, 1.165) is 28.8 Å². The Morgan fingerprint density at radius 3 is 2.76 bits per heavy atom. The summed E-state index contributed by atoms with van der Waals surface area (Å²) in [6.07, 6.45) is 1.17. The molecule has 1 heterocycles. The fourth-order valence-electron chi connectivity index (χ4n) is 1.79. The summed E-state index contributed by atoms with van der Waals surface area (Å²) in [6, 6.07) is 0. The van der Waals surface area contributed by atoms with Gasteiger partial charge < -0.3 is 5.73 Å². The van der Waals surface area contributed by atoms with E-state index in [0.29, 0.717) is 13.0 Å². The third kappa shape index (κ3) is 3.39. The van der Waals surface area contributed by atoms with Crippen LogP contribution in [0.15, 0.2) is 4.47 Å². The first-order valence-electron chi connectivity index (χ1n) is 5.95. The highest BCUT2D eigenvalue weighted by Gasteiger charge is 2.19. The van der Waals surface area contributed by atoms with E-state index in [1.807, 2.05) is 25.5 Å². The maximum absolute atomic E-state index is 12.0. The summed E-state index contributed by atoms with van der Waals surface area (Å²) in [7, 11) is 0. The number of carbonyl (C=O) groups excluding carboxylic acids is 1. The first-order chi connectivity index (χ1) is 8.01. The van der Waals surface area contributed by atoms with Crippen molar-refractivity contribution in [3.8, 4) is 0 Å². The Morgan fingerprint density at radius 1 is 1.59 bits per heavy atom. The standard InChI is InChI=1S/C12H20BrN3O/c1-4-16-10(12(13)9(3)15-16)7-11(17)8(2)5-6-14/h8H,4-7,14H2,1-3H3. The summed E-state index contributed by atoms with van der Waals surface area (Å²) < 4.78 is 2.83. The Bertz CT molecular complexity index is 401. The van der Waals surface area contributed by atoms with Crippen molar-refractivity contribution in [3.05, 3.63) is 15.9 Å². The summed E-state index contributed by atoms with van der Waals surface area (Å²) in [5.74, 6) is 0.248. The molecule has 0 bridgehead atoms. The molecule has 0 spiro atoms. The van der Waals surface area contributed by atoms with Crippen molar-refractivity contribution >= 4 is 21.7 Å². The zero-order valence-electron chi connectivity index (χ0n) is 10.7. The number of halogens is 1. The van der Waals surface area contributed by atoms with Crippen molar-refractivity contribution in [3.63, 3.8) is 0 Å². The first kappa shape index (κ1) is 14.4. The van der Waals surface area contributed by atoms with Crippen LogP contribution in [-0.4, -0.2) is 22.1 Å². The normalized spacial score (nSPS) is 12.8. The molecule has 0 saturated carbocycles. The molecule has 0 fully saturated rings. The molecule has 0 aliphatic rings. The van der Waals surface area contributed by atoms with Gasteiger partial charge in [-0.05, 0) is 42.7 Å². The highest BCUT2D eigenvalue weighted by atomic mass is 79.9. The van der Waals surface area contributed by atoms with Crippen molar-refractivity contribution in [1.82, 2.24) is 9.78 Å². The lowest BCUT2D eigenvalue weighted by atomic mass is 9.99. The van der Waals surface area contributed by atoms with Crippen LogP contribution in [0.2, 0.25) is 0 Å². The van der Waals surface area contributed by atoms with Crippen LogP contribution in [0.3, 0.4) is 0 Å². The Balaban J connectivity index is 2.84. The van der Waals surface area contributed by atoms with E-state index < -0.39 is 0 Å². The largest absolute Gasteiger partial charge is 0.330 e. The number of ketones is 1. The number of hydrogen-bond acceptors (Lipinski definition) is 3. The van der Waals surface area contributed by atoms with E-state index >= 15 is 0 Å². The minimum Gasteiger partial charge on any atom is -0.330 e. The van der Waals surface area contributed by atoms with Gasteiger partial charge in [-0.15, -0.1) is 0 Å². The van der Waals surface area contributed by atoms with Crippen LogP contribution in [0, 0.1) is 12.8 Å². The van der Waals surface area contributed by atoms with Gasteiger partial charge in [-0.1, -0.05) is 6.92 Å². The lowest BCUT2D eigenvalue weighted by Gasteiger charge is -2.10. The Labute approximate surface area is 111 Å². The molecule has 4 nitrogen and oxygen atoms in total. The van der Waals surface area contributed by atoms with E-state index in [1.165, 1.54) is 0 Å². The van der Waals surface area contributed by atoms with Gasteiger partial charge in [-0.2, -0.15) is 5.10 Å². The van der Waals surface area contributed by atoms with Crippen LogP contribution >= 0.6 is 15.9 Å². The second-order valence-corrected chi connectivity index (χ2v) is 5.08. The topological polar surface area (TPSA) is 60.9 Å². The lowest BCUT2D eigenvalue weighted by Crippen LogP contribution is -2.19. The number of carbonyl (C=O) groups is 1. The fourth-order valence-corrected chi connectivity index (χ4v) is 2.21. The molecule has 0 aromatic carbocycles. The van der Waals surface area contributed by atoms with Crippen molar-refractivity contribution in [2.45, 2.75) is 40.2 Å². The summed E-state index contributed by atoms with van der Waals surface area (Å²) in [5, 5.41) is 4.38. The molecule has 0 amide bonds. The predicted molar refractivity (Wildman–Crippen MR) is 71.9 cm³/mol. The van der Waals surface area contributed by atoms with Crippen LogP contribution in [-0.2, 0) is 17.8 Å². The summed E-state index contributed by atoms with van der Waals surface area (Å²) in [6.45, 7) is 7.23. The number of rotatable bonds is 6. The monoisotopic (exact) mass is 301 g/mol. The van der Waals surface area contributed by atoms with E-state index in [4.69, 9.17) is 5.73 Å². The molecule has 1 unspecified atom stereocenters. The van der Waals surface area contributed by atoms with Crippen LogP contribution in [0.4, 0.5) is 0 Å². The van der Waals surface area contributed by atoms with E-state index in [1.54, 1.807) is 0 Å². The summed E-state index contributed by atoms with van der Waals surface area (Å²) in [4.78, 5) is 12.0. The lowest BCUT2D eigenvalue weighted by molar-refractivity contribution is -0.121. The summed E-state index contributed by atoms with van der Waals surface area (Å²) in [5.41, 5.74) is 7.37. The molecular weight excluding hydrogens is 282 g/mol. The molecule has 96 valence electrons. The minimum absolute atomic E-state index is 0.0208. The van der Waals surface area contributed by atoms with Gasteiger partial charge >= 0.3 is 0 Å². The van der Waals surface area contributed by atoms with E-state index in [9.17, 15) is 4.79 Å². The van der Waals surface area contributed by atoms with E-state index in [-0.39, 0.29) is 11.7 Å². The van der Waals surface area contributed by atoms with Gasteiger partial charge in [-0.25, -0.2) is 0 Å². The second kappa shape index (κ2) is 6.31. The molecule has 5 heteroatoms. The average molecular weight is 302 g/mol. The summed E-state index contributed by atoms with van der Waals surface area (Å²) >= 11 is 3.50. The van der Waals surface area contributed by atoms with Crippen molar-refractivity contribution in [2.75, 3.05) is 6.54 Å². The average Bonchev–Trinajstić information content (AvgIpc) is 2.57. The minimum atomic E-state index is 0.0208. The van der Waals surface area contributed by atoms with Crippen LogP contribution in [0.1, 0.15) is 31.7 Å². The third-order valence-corrected chi connectivity index (χ3v) is 3.98. The Morgan fingerprint density at radius 2 is 2.24 bits per heavy atom. The molecule has 1 rings (SSSR count). The number of hydrogen-bond donors (Lipinski definition) is 1. The van der Waals surface area contributed by atoms with Gasteiger partial charge in [0.2, 0.25) is 0 Å². The number of nitrogens with zero attached hydrogens (tertiary/aromatic N) is 2.